The van der Waals surface area contributed by atoms with E-state index in [4.69, 9.17) is 16.3 Å². The molecular formula is C12H11BrClFO4. The molecule has 0 aliphatic rings. The maximum atomic E-state index is 13.1. The van der Waals surface area contributed by atoms with Gasteiger partial charge < -0.3 is 9.47 Å². The number of carbonyl (C=O) groups is 2. The number of benzene rings is 1. The molecule has 7 heteroatoms. The van der Waals surface area contributed by atoms with Gasteiger partial charge in [0.05, 0.1) is 28.1 Å². The Morgan fingerprint density at radius 1 is 1.37 bits per heavy atom. The molecule has 19 heavy (non-hydrogen) atoms. The number of hydrogen-bond acceptors (Lipinski definition) is 4. The average Bonchev–Trinajstić information content (AvgIpc) is 2.34. The molecular weight excluding hydrogens is 342 g/mol. The minimum Gasteiger partial charge on any atom is -0.466 e. The lowest BCUT2D eigenvalue weighted by Crippen LogP contribution is -2.12. The number of hydrogen-bond donors (Lipinski definition) is 0. The quantitative estimate of drug-likeness (QED) is 0.602. The van der Waals surface area contributed by atoms with Crippen LogP contribution in [0.3, 0.4) is 0 Å². The average molecular weight is 354 g/mol. The van der Waals surface area contributed by atoms with Gasteiger partial charge in [-0.15, -0.1) is 0 Å². The van der Waals surface area contributed by atoms with Gasteiger partial charge >= 0.3 is 11.9 Å². The standard InChI is InChI=1S/C12H11BrClFO4/c1-2-18-11(16)3-4-19-12(17)7-5-8(13)10(15)6-9(7)14/h5-6H,2-4H2,1H3. The fourth-order valence-electron chi connectivity index (χ4n) is 1.22. The summed E-state index contributed by atoms with van der Waals surface area (Å²) in [7, 11) is 0. The monoisotopic (exact) mass is 352 g/mol. The molecule has 0 N–H and O–H groups in total. The van der Waals surface area contributed by atoms with Crippen molar-refractivity contribution < 1.29 is 23.5 Å². The normalized spacial score (nSPS) is 10.1. The Kier molecular flexibility index (Phi) is 6.24. The number of halogens is 3. The molecule has 1 aromatic rings. The summed E-state index contributed by atoms with van der Waals surface area (Å²) in [5.41, 5.74) is 0.0267. The molecule has 0 spiro atoms. The van der Waals surface area contributed by atoms with Crippen LogP contribution in [-0.4, -0.2) is 25.2 Å². The fraction of sp³-hybridized carbons (Fsp3) is 0.333. The first-order valence-electron chi connectivity index (χ1n) is 5.43. The maximum Gasteiger partial charge on any atom is 0.339 e. The second-order valence-corrected chi connectivity index (χ2v) is 4.70. The van der Waals surface area contributed by atoms with Crippen LogP contribution in [0.5, 0.6) is 0 Å². The van der Waals surface area contributed by atoms with Crippen molar-refractivity contribution in [2.45, 2.75) is 13.3 Å². The first kappa shape index (κ1) is 15.9. The van der Waals surface area contributed by atoms with Crippen LogP contribution in [-0.2, 0) is 14.3 Å². The fourth-order valence-corrected chi connectivity index (χ4v) is 1.79. The van der Waals surface area contributed by atoms with Gasteiger partial charge in [-0.2, -0.15) is 0 Å². The second-order valence-electron chi connectivity index (χ2n) is 3.44. The van der Waals surface area contributed by atoms with Crippen LogP contribution < -0.4 is 0 Å². The molecule has 0 fully saturated rings. The first-order chi connectivity index (χ1) is 8.95. The first-order valence-corrected chi connectivity index (χ1v) is 6.60. The van der Waals surface area contributed by atoms with Gasteiger partial charge in [0, 0.05) is 0 Å². The van der Waals surface area contributed by atoms with Crippen LogP contribution in [0.25, 0.3) is 0 Å². The number of rotatable bonds is 5. The molecule has 0 heterocycles. The molecule has 0 amide bonds. The number of ether oxygens (including phenoxy) is 2. The molecule has 0 saturated carbocycles. The maximum absolute atomic E-state index is 13.1. The van der Waals surface area contributed by atoms with Crippen molar-refractivity contribution >= 4 is 39.5 Å². The minimum absolute atomic E-state index is 0.0267. The Morgan fingerprint density at radius 3 is 2.68 bits per heavy atom. The van der Waals surface area contributed by atoms with E-state index in [1.54, 1.807) is 6.92 Å². The molecule has 0 saturated heterocycles. The Labute approximate surface area is 123 Å². The zero-order valence-electron chi connectivity index (χ0n) is 10.0. The second kappa shape index (κ2) is 7.45. The molecule has 0 aliphatic heterocycles. The number of esters is 2. The summed E-state index contributed by atoms with van der Waals surface area (Å²) in [5, 5.41) is -0.0539. The summed E-state index contributed by atoms with van der Waals surface area (Å²) in [5.74, 6) is -1.76. The molecule has 0 radical (unpaired) electrons. The molecule has 0 aromatic heterocycles. The third kappa shape index (κ3) is 4.80. The summed E-state index contributed by atoms with van der Waals surface area (Å²) in [4.78, 5) is 22.7. The predicted octanol–water partition coefficient (Wildman–Crippen LogP) is 3.35. The van der Waals surface area contributed by atoms with Crippen molar-refractivity contribution in [3.8, 4) is 0 Å². The third-order valence-corrected chi connectivity index (χ3v) is 2.99. The van der Waals surface area contributed by atoms with Crippen molar-refractivity contribution in [2.75, 3.05) is 13.2 Å². The molecule has 1 aromatic carbocycles. The van der Waals surface area contributed by atoms with E-state index >= 15 is 0 Å². The van der Waals surface area contributed by atoms with Crippen molar-refractivity contribution in [3.05, 3.63) is 33.0 Å². The van der Waals surface area contributed by atoms with Gasteiger partial charge in [0.15, 0.2) is 0 Å². The Hall–Kier alpha value is -1.14. The van der Waals surface area contributed by atoms with E-state index in [9.17, 15) is 14.0 Å². The van der Waals surface area contributed by atoms with Crippen molar-refractivity contribution in [1.29, 1.82) is 0 Å². The van der Waals surface area contributed by atoms with Gasteiger partial charge in [0.1, 0.15) is 12.4 Å². The molecule has 104 valence electrons. The van der Waals surface area contributed by atoms with Crippen LogP contribution in [0.2, 0.25) is 5.02 Å². The summed E-state index contributed by atoms with van der Waals surface area (Å²) in [6.45, 7) is 1.83. The summed E-state index contributed by atoms with van der Waals surface area (Å²) >= 11 is 8.68. The predicted molar refractivity (Wildman–Crippen MR) is 70.6 cm³/mol. The summed E-state index contributed by atoms with van der Waals surface area (Å²) in [6.07, 6.45) is -0.0421. The van der Waals surface area contributed by atoms with Crippen LogP contribution in [0, 0.1) is 5.82 Å². The zero-order valence-corrected chi connectivity index (χ0v) is 12.4. The number of carbonyl (C=O) groups excluding carboxylic acids is 2. The van der Waals surface area contributed by atoms with Gasteiger partial charge in [-0.1, -0.05) is 11.6 Å². The Balaban J connectivity index is 2.59. The van der Waals surface area contributed by atoms with Crippen molar-refractivity contribution in [2.24, 2.45) is 0 Å². The van der Waals surface area contributed by atoms with E-state index in [1.165, 1.54) is 6.07 Å². The molecule has 4 nitrogen and oxygen atoms in total. The molecule has 1 rings (SSSR count). The highest BCUT2D eigenvalue weighted by Gasteiger charge is 2.15. The van der Waals surface area contributed by atoms with Crippen molar-refractivity contribution in [3.63, 3.8) is 0 Å². The molecule has 0 bridgehead atoms. The lowest BCUT2D eigenvalue weighted by Gasteiger charge is -2.07. The largest absolute Gasteiger partial charge is 0.466 e. The van der Waals surface area contributed by atoms with Gasteiger partial charge in [0.2, 0.25) is 0 Å². The van der Waals surface area contributed by atoms with E-state index in [0.29, 0.717) is 0 Å². The van der Waals surface area contributed by atoms with E-state index in [2.05, 4.69) is 20.7 Å². The minimum atomic E-state index is -0.727. The lowest BCUT2D eigenvalue weighted by atomic mass is 10.2. The van der Waals surface area contributed by atoms with E-state index in [-0.39, 0.29) is 34.7 Å². The van der Waals surface area contributed by atoms with E-state index in [1.807, 2.05) is 0 Å². The highest BCUT2D eigenvalue weighted by atomic mass is 79.9. The van der Waals surface area contributed by atoms with Crippen LogP contribution in [0.1, 0.15) is 23.7 Å². The van der Waals surface area contributed by atoms with Gasteiger partial charge in [-0.05, 0) is 35.0 Å². The van der Waals surface area contributed by atoms with Crippen LogP contribution >= 0.6 is 27.5 Å². The zero-order chi connectivity index (χ0) is 14.4. The molecule has 0 aliphatic carbocycles. The Morgan fingerprint density at radius 2 is 2.05 bits per heavy atom. The van der Waals surface area contributed by atoms with Gasteiger partial charge in [-0.3, -0.25) is 4.79 Å². The van der Waals surface area contributed by atoms with E-state index in [0.717, 1.165) is 6.07 Å². The van der Waals surface area contributed by atoms with E-state index < -0.39 is 17.8 Å². The van der Waals surface area contributed by atoms with Crippen LogP contribution in [0.15, 0.2) is 16.6 Å². The SMILES string of the molecule is CCOC(=O)CCOC(=O)c1cc(Br)c(F)cc1Cl. The van der Waals surface area contributed by atoms with Gasteiger partial charge in [-0.25, -0.2) is 9.18 Å². The summed E-state index contributed by atoms with van der Waals surface area (Å²) < 4.78 is 22.8. The van der Waals surface area contributed by atoms with Gasteiger partial charge in [0.25, 0.3) is 0 Å². The third-order valence-electron chi connectivity index (χ3n) is 2.07. The van der Waals surface area contributed by atoms with Crippen molar-refractivity contribution in [1.82, 2.24) is 0 Å². The lowest BCUT2D eigenvalue weighted by molar-refractivity contribution is -0.143. The molecule has 0 atom stereocenters. The topological polar surface area (TPSA) is 52.6 Å². The highest BCUT2D eigenvalue weighted by molar-refractivity contribution is 9.10. The summed E-state index contributed by atoms with van der Waals surface area (Å²) in [6, 6.07) is 2.23. The Bertz CT molecular complexity index is 493. The highest BCUT2D eigenvalue weighted by Crippen LogP contribution is 2.25. The molecule has 0 unspecified atom stereocenters. The smallest absolute Gasteiger partial charge is 0.339 e. The van der Waals surface area contributed by atoms with Crippen LogP contribution in [0.4, 0.5) is 4.39 Å².